The average molecular weight is 535 g/mol. The average Bonchev–Trinajstić information content (AvgIpc) is 3.37. The molecule has 1 aliphatic rings. The van der Waals surface area contributed by atoms with E-state index in [0.29, 0.717) is 16.9 Å². The van der Waals surface area contributed by atoms with Crippen molar-refractivity contribution in [3.63, 3.8) is 0 Å². The van der Waals surface area contributed by atoms with E-state index in [4.69, 9.17) is 21.1 Å². The van der Waals surface area contributed by atoms with Gasteiger partial charge in [-0.2, -0.15) is 0 Å². The lowest BCUT2D eigenvalue weighted by atomic mass is 9.93. The van der Waals surface area contributed by atoms with E-state index >= 15 is 0 Å². The lowest BCUT2D eigenvalue weighted by Crippen LogP contribution is -2.29. The zero-order chi connectivity index (χ0) is 27.1. The number of likely N-dealkylation sites (tertiary alicyclic amines) is 1. The number of fused-ring (bicyclic) bond motifs is 1. The maximum absolute atomic E-state index is 13.6. The molecule has 0 spiro atoms. The minimum atomic E-state index is -0.943. The number of ether oxygens (including phenoxy) is 2. The van der Waals surface area contributed by atoms with Crippen molar-refractivity contribution >= 4 is 40.0 Å². The zero-order valence-corrected chi connectivity index (χ0v) is 21.6. The number of hydrogen-bond acceptors (Lipinski definition) is 5. The van der Waals surface area contributed by atoms with Crippen LogP contribution in [0.15, 0.2) is 66.2 Å². The molecule has 4 aromatic rings. The number of rotatable bonds is 6. The van der Waals surface area contributed by atoms with Crippen molar-refractivity contribution in [1.82, 2.24) is 9.88 Å². The Bertz CT molecular complexity index is 1610. The van der Waals surface area contributed by atoms with Crippen molar-refractivity contribution in [3.8, 4) is 11.5 Å². The highest BCUT2D eigenvalue weighted by molar-refractivity contribution is 6.46. The number of nitrogens with zero attached hydrogens (tertiary/aromatic N) is 1. The minimum absolute atomic E-state index is 0.0196. The van der Waals surface area contributed by atoms with Crippen molar-refractivity contribution in [1.29, 1.82) is 0 Å². The van der Waals surface area contributed by atoms with Gasteiger partial charge in [-0.1, -0.05) is 41.9 Å². The summed E-state index contributed by atoms with van der Waals surface area (Å²) in [6.45, 7) is 1.87. The molecule has 7 nitrogen and oxygen atoms in total. The number of amides is 1. The second-order valence-corrected chi connectivity index (χ2v) is 9.36. The summed E-state index contributed by atoms with van der Waals surface area (Å²) in [7, 11) is 2.86. The van der Waals surface area contributed by atoms with E-state index in [0.717, 1.165) is 16.6 Å². The van der Waals surface area contributed by atoms with Crippen molar-refractivity contribution in [3.05, 3.63) is 99.5 Å². The van der Waals surface area contributed by atoms with Gasteiger partial charge in [-0.25, -0.2) is 4.39 Å². The number of benzene rings is 3. The number of aliphatic hydroxyl groups is 1. The number of halogens is 2. The van der Waals surface area contributed by atoms with Gasteiger partial charge in [-0.3, -0.25) is 9.59 Å². The van der Waals surface area contributed by atoms with Gasteiger partial charge in [0.15, 0.2) is 0 Å². The number of carbonyl (C=O) groups is 2. The Morgan fingerprint density at radius 2 is 1.74 bits per heavy atom. The number of aryl methyl sites for hydroxylation is 1. The zero-order valence-electron chi connectivity index (χ0n) is 20.8. The molecule has 194 valence electrons. The summed E-state index contributed by atoms with van der Waals surface area (Å²) in [6.07, 6.45) is 0. The summed E-state index contributed by atoms with van der Waals surface area (Å²) in [5, 5.41) is 12.6. The molecular formula is C29H24ClFN2O5. The first-order chi connectivity index (χ1) is 18.2. The molecule has 1 amide bonds. The molecule has 2 N–H and O–H groups in total. The van der Waals surface area contributed by atoms with Crippen LogP contribution < -0.4 is 9.47 Å². The van der Waals surface area contributed by atoms with Crippen molar-refractivity contribution in [2.24, 2.45) is 0 Å². The molecule has 9 heteroatoms. The number of aliphatic hydroxyl groups excluding tert-OH is 1. The van der Waals surface area contributed by atoms with Crippen LogP contribution in [0.3, 0.4) is 0 Å². The number of Topliss-reactive ketones (excluding diaryl/α,β-unsaturated/α-hetero) is 1. The van der Waals surface area contributed by atoms with Gasteiger partial charge in [0.1, 0.15) is 23.1 Å². The quantitative estimate of drug-likeness (QED) is 0.182. The Balaban J connectivity index is 1.76. The normalized spacial score (nSPS) is 16.9. The van der Waals surface area contributed by atoms with Crippen molar-refractivity contribution in [2.75, 3.05) is 14.2 Å². The highest BCUT2D eigenvalue weighted by Gasteiger charge is 2.47. The number of carbonyl (C=O) groups excluding carboxylic acids is 2. The Labute approximate surface area is 223 Å². The van der Waals surface area contributed by atoms with Crippen LogP contribution in [-0.4, -0.2) is 40.9 Å². The fraction of sp³-hybridized carbons (Fsp3) is 0.172. The lowest BCUT2D eigenvalue weighted by Gasteiger charge is -2.26. The summed E-state index contributed by atoms with van der Waals surface area (Å²) >= 11 is 6.35. The molecule has 3 aromatic carbocycles. The number of methoxy groups -OCH3 is 2. The molecule has 0 radical (unpaired) electrons. The predicted octanol–water partition coefficient (Wildman–Crippen LogP) is 5.91. The molecule has 0 aliphatic carbocycles. The highest BCUT2D eigenvalue weighted by Crippen LogP contribution is 2.46. The Morgan fingerprint density at radius 1 is 1.05 bits per heavy atom. The summed E-state index contributed by atoms with van der Waals surface area (Å²) in [6, 6.07) is 15.2. The molecule has 5 rings (SSSR count). The number of hydrogen-bond donors (Lipinski definition) is 2. The van der Waals surface area contributed by atoms with E-state index in [1.165, 1.54) is 43.4 Å². The molecule has 1 aliphatic heterocycles. The van der Waals surface area contributed by atoms with Crippen LogP contribution >= 0.6 is 11.6 Å². The van der Waals surface area contributed by atoms with Gasteiger partial charge in [-0.15, -0.1) is 0 Å². The number of aromatic nitrogens is 1. The molecule has 1 unspecified atom stereocenters. The van der Waals surface area contributed by atoms with E-state index in [2.05, 4.69) is 4.98 Å². The molecule has 1 atom stereocenters. The Morgan fingerprint density at radius 3 is 2.42 bits per heavy atom. The third-order valence-corrected chi connectivity index (χ3v) is 7.05. The van der Waals surface area contributed by atoms with Crippen LogP contribution in [0.1, 0.15) is 28.4 Å². The predicted molar refractivity (Wildman–Crippen MR) is 142 cm³/mol. The molecule has 2 heterocycles. The summed E-state index contributed by atoms with van der Waals surface area (Å²) in [5.74, 6) is -1.95. The number of nitrogens with one attached hydrogen (secondary N) is 1. The summed E-state index contributed by atoms with van der Waals surface area (Å²) < 4.78 is 24.3. The number of aromatic amines is 1. The van der Waals surface area contributed by atoms with E-state index in [1.807, 2.05) is 31.2 Å². The van der Waals surface area contributed by atoms with Gasteiger partial charge in [0, 0.05) is 34.8 Å². The SMILES string of the molecule is COc1cc(OC)c(/C(O)=C2\C(=O)C(=O)N(Cc3ccc(F)cc3)C2c2c(C)[nH]c3ccccc23)cc1Cl. The third kappa shape index (κ3) is 4.16. The maximum Gasteiger partial charge on any atom is 0.295 e. The molecule has 38 heavy (non-hydrogen) atoms. The number of para-hydroxylation sites is 1. The van der Waals surface area contributed by atoms with Gasteiger partial charge in [-0.05, 0) is 36.8 Å². The standard InChI is InChI=1S/C29H24ClFN2O5/c1-15-24(18-6-4-5-7-21(18)32-15)26-25(27(34)19-12-20(30)23(38-3)13-22(19)37-2)28(35)29(36)33(26)14-16-8-10-17(31)11-9-16/h4-13,26,32,34H,14H2,1-3H3/b27-25+. The first kappa shape index (κ1) is 25.4. The maximum atomic E-state index is 13.6. The van der Waals surface area contributed by atoms with E-state index in [9.17, 15) is 19.1 Å². The first-order valence-electron chi connectivity index (χ1n) is 11.8. The lowest BCUT2D eigenvalue weighted by molar-refractivity contribution is -0.140. The smallest absolute Gasteiger partial charge is 0.295 e. The number of ketones is 1. The second-order valence-electron chi connectivity index (χ2n) is 8.95. The Hall–Kier alpha value is -4.30. The molecular weight excluding hydrogens is 511 g/mol. The van der Waals surface area contributed by atoms with E-state index in [1.54, 1.807) is 12.1 Å². The summed E-state index contributed by atoms with van der Waals surface area (Å²) in [4.78, 5) is 31.7. The van der Waals surface area contributed by atoms with Crippen LogP contribution in [0, 0.1) is 12.7 Å². The fourth-order valence-corrected chi connectivity index (χ4v) is 5.21. The van der Waals surface area contributed by atoms with Crippen molar-refractivity contribution < 1.29 is 28.6 Å². The van der Waals surface area contributed by atoms with Crippen LogP contribution in [0.4, 0.5) is 4.39 Å². The van der Waals surface area contributed by atoms with E-state index < -0.39 is 29.3 Å². The molecule has 0 saturated carbocycles. The first-order valence-corrected chi connectivity index (χ1v) is 12.1. The summed E-state index contributed by atoms with van der Waals surface area (Å²) in [5.41, 5.74) is 2.87. The van der Waals surface area contributed by atoms with Gasteiger partial charge in [0.05, 0.1) is 36.4 Å². The second kappa shape index (κ2) is 9.87. The van der Waals surface area contributed by atoms with Crippen LogP contribution in [0.25, 0.3) is 16.7 Å². The van der Waals surface area contributed by atoms with Gasteiger partial charge >= 0.3 is 0 Å². The largest absolute Gasteiger partial charge is 0.507 e. The van der Waals surface area contributed by atoms with Gasteiger partial charge in [0.2, 0.25) is 0 Å². The van der Waals surface area contributed by atoms with Gasteiger partial charge < -0.3 is 24.5 Å². The minimum Gasteiger partial charge on any atom is -0.507 e. The molecule has 1 saturated heterocycles. The van der Waals surface area contributed by atoms with E-state index in [-0.39, 0.29) is 28.5 Å². The van der Waals surface area contributed by atoms with Crippen molar-refractivity contribution in [2.45, 2.75) is 19.5 Å². The number of H-pyrrole nitrogens is 1. The molecule has 0 bridgehead atoms. The van der Waals surface area contributed by atoms with Crippen LogP contribution in [0.5, 0.6) is 11.5 Å². The molecule has 1 fully saturated rings. The third-order valence-electron chi connectivity index (χ3n) is 6.75. The topological polar surface area (TPSA) is 91.9 Å². The highest BCUT2D eigenvalue weighted by atomic mass is 35.5. The van der Waals surface area contributed by atoms with Gasteiger partial charge in [0.25, 0.3) is 11.7 Å². The Kier molecular flexibility index (Phi) is 6.59. The fourth-order valence-electron chi connectivity index (χ4n) is 4.97. The molecule has 1 aromatic heterocycles. The monoisotopic (exact) mass is 534 g/mol. The van der Waals surface area contributed by atoms with Crippen LogP contribution in [0.2, 0.25) is 5.02 Å². The van der Waals surface area contributed by atoms with Crippen LogP contribution in [-0.2, 0) is 16.1 Å².